The zero-order chi connectivity index (χ0) is 13.8. The summed E-state index contributed by atoms with van der Waals surface area (Å²) in [6.07, 6.45) is 6.07. The number of likely N-dealkylation sites (N-methyl/N-ethyl adjacent to an activating group) is 2. The first-order valence-electron chi connectivity index (χ1n) is 7.75. The van der Waals surface area contributed by atoms with Gasteiger partial charge in [0.15, 0.2) is 0 Å². The monoisotopic (exact) mass is 303 g/mol. The predicted octanol–water partition coefficient (Wildman–Crippen LogP) is 1.74. The van der Waals surface area contributed by atoms with Crippen LogP contribution in [-0.4, -0.2) is 61.5 Å². The molecule has 118 valence electrons. The molecule has 0 aromatic heterocycles. The predicted molar refractivity (Wildman–Crippen MR) is 85.3 cm³/mol. The lowest BCUT2D eigenvalue weighted by molar-refractivity contribution is -0.133. The van der Waals surface area contributed by atoms with E-state index in [0.717, 1.165) is 25.4 Å². The molecule has 0 radical (unpaired) electrons. The highest BCUT2D eigenvalue weighted by atomic mass is 35.5. The first kappa shape index (κ1) is 17.7. The van der Waals surface area contributed by atoms with E-state index >= 15 is 0 Å². The van der Waals surface area contributed by atoms with Crippen LogP contribution >= 0.6 is 12.4 Å². The molecule has 1 aliphatic heterocycles. The van der Waals surface area contributed by atoms with Crippen molar-refractivity contribution >= 4 is 18.3 Å². The van der Waals surface area contributed by atoms with Gasteiger partial charge in [0, 0.05) is 32.2 Å². The van der Waals surface area contributed by atoms with Gasteiger partial charge in [0.2, 0.25) is 5.91 Å². The summed E-state index contributed by atoms with van der Waals surface area (Å²) < 4.78 is 0. The second-order valence-corrected chi connectivity index (χ2v) is 6.43. The SMILES string of the molecule is CNC1CCN(CC(=O)N(C)C2CCC(C)CC2)C1.Cl. The largest absolute Gasteiger partial charge is 0.342 e. The van der Waals surface area contributed by atoms with E-state index in [0.29, 0.717) is 24.5 Å². The van der Waals surface area contributed by atoms with Crippen molar-refractivity contribution in [3.8, 4) is 0 Å². The number of hydrogen-bond acceptors (Lipinski definition) is 3. The van der Waals surface area contributed by atoms with Crippen molar-refractivity contribution in [3.05, 3.63) is 0 Å². The summed E-state index contributed by atoms with van der Waals surface area (Å²) in [6.45, 7) is 4.98. The minimum absolute atomic E-state index is 0. The lowest BCUT2D eigenvalue weighted by Gasteiger charge is -2.34. The van der Waals surface area contributed by atoms with Gasteiger partial charge in [-0.3, -0.25) is 9.69 Å². The molecule has 0 aromatic carbocycles. The quantitative estimate of drug-likeness (QED) is 0.859. The van der Waals surface area contributed by atoms with Gasteiger partial charge in [0.05, 0.1) is 6.54 Å². The van der Waals surface area contributed by atoms with Crippen molar-refractivity contribution in [2.24, 2.45) is 5.92 Å². The maximum atomic E-state index is 12.3. The summed E-state index contributed by atoms with van der Waals surface area (Å²) in [4.78, 5) is 16.6. The summed E-state index contributed by atoms with van der Waals surface area (Å²) in [5.74, 6) is 1.14. The zero-order valence-electron chi connectivity index (χ0n) is 13.1. The van der Waals surface area contributed by atoms with Crippen molar-refractivity contribution in [2.45, 2.75) is 51.1 Å². The molecule has 0 spiro atoms. The smallest absolute Gasteiger partial charge is 0.236 e. The number of likely N-dealkylation sites (tertiary alicyclic amines) is 1. The molecule has 0 aromatic rings. The molecular weight excluding hydrogens is 274 g/mol. The zero-order valence-corrected chi connectivity index (χ0v) is 13.9. The average molecular weight is 304 g/mol. The van der Waals surface area contributed by atoms with E-state index in [-0.39, 0.29) is 12.4 Å². The molecule has 2 aliphatic rings. The van der Waals surface area contributed by atoms with Crippen molar-refractivity contribution in [1.29, 1.82) is 0 Å². The van der Waals surface area contributed by atoms with E-state index in [9.17, 15) is 4.79 Å². The third-order valence-corrected chi connectivity index (χ3v) is 4.97. The standard InChI is InChI=1S/C15H29N3O.ClH/c1-12-4-6-14(7-5-12)17(3)15(19)11-18-9-8-13(10-18)16-2;/h12-14,16H,4-11H2,1-3H3;1H. The van der Waals surface area contributed by atoms with E-state index in [2.05, 4.69) is 17.1 Å². The normalized spacial score (nSPS) is 30.9. The van der Waals surface area contributed by atoms with Crippen LogP contribution in [0.1, 0.15) is 39.0 Å². The van der Waals surface area contributed by atoms with Gasteiger partial charge in [0.1, 0.15) is 0 Å². The van der Waals surface area contributed by atoms with Crippen molar-refractivity contribution in [3.63, 3.8) is 0 Å². The summed E-state index contributed by atoms with van der Waals surface area (Å²) in [6, 6.07) is 1.04. The van der Waals surface area contributed by atoms with Crippen molar-refractivity contribution < 1.29 is 4.79 Å². The van der Waals surface area contributed by atoms with E-state index in [1.54, 1.807) is 0 Å². The van der Waals surface area contributed by atoms with Crippen LogP contribution in [-0.2, 0) is 4.79 Å². The molecule has 1 N–H and O–H groups in total. The lowest BCUT2D eigenvalue weighted by Crippen LogP contribution is -2.44. The molecule has 1 unspecified atom stereocenters. The Kier molecular flexibility index (Phi) is 7.27. The summed E-state index contributed by atoms with van der Waals surface area (Å²) in [5.41, 5.74) is 0. The van der Waals surface area contributed by atoms with Gasteiger partial charge in [-0.25, -0.2) is 0 Å². The molecule has 2 fully saturated rings. The Morgan fingerprint density at radius 2 is 1.90 bits per heavy atom. The molecule has 20 heavy (non-hydrogen) atoms. The number of carbonyl (C=O) groups is 1. The van der Waals surface area contributed by atoms with Crippen LogP contribution in [0.5, 0.6) is 0 Å². The second kappa shape index (κ2) is 8.20. The van der Waals surface area contributed by atoms with Gasteiger partial charge < -0.3 is 10.2 Å². The number of carbonyl (C=O) groups excluding carboxylic acids is 1. The van der Waals surface area contributed by atoms with Gasteiger partial charge in [-0.05, 0) is 45.1 Å². The molecule has 1 saturated carbocycles. The van der Waals surface area contributed by atoms with Gasteiger partial charge >= 0.3 is 0 Å². The molecule has 1 saturated heterocycles. The fourth-order valence-electron chi connectivity index (χ4n) is 3.35. The molecule has 1 atom stereocenters. The minimum atomic E-state index is 0. The Morgan fingerprint density at radius 1 is 1.25 bits per heavy atom. The summed E-state index contributed by atoms with van der Waals surface area (Å²) >= 11 is 0. The van der Waals surface area contributed by atoms with Gasteiger partial charge in [-0.15, -0.1) is 12.4 Å². The molecule has 1 amide bonds. The van der Waals surface area contributed by atoms with Crippen molar-refractivity contribution in [2.75, 3.05) is 33.7 Å². The van der Waals surface area contributed by atoms with Crippen LogP contribution in [0, 0.1) is 5.92 Å². The van der Waals surface area contributed by atoms with E-state index in [4.69, 9.17) is 0 Å². The minimum Gasteiger partial charge on any atom is -0.342 e. The molecule has 1 aliphatic carbocycles. The molecule has 4 nitrogen and oxygen atoms in total. The highest BCUT2D eigenvalue weighted by molar-refractivity contribution is 5.85. The summed E-state index contributed by atoms with van der Waals surface area (Å²) in [5, 5.41) is 3.30. The fourth-order valence-corrected chi connectivity index (χ4v) is 3.35. The van der Waals surface area contributed by atoms with Gasteiger partial charge in [-0.1, -0.05) is 6.92 Å². The molecule has 0 bridgehead atoms. The van der Waals surface area contributed by atoms with Gasteiger partial charge in [-0.2, -0.15) is 0 Å². The number of hydrogen-bond donors (Lipinski definition) is 1. The van der Waals surface area contributed by atoms with E-state index < -0.39 is 0 Å². The van der Waals surface area contributed by atoms with E-state index in [1.165, 1.54) is 25.7 Å². The second-order valence-electron chi connectivity index (χ2n) is 6.43. The average Bonchev–Trinajstić information content (AvgIpc) is 2.86. The molecule has 5 heteroatoms. The Morgan fingerprint density at radius 3 is 2.45 bits per heavy atom. The molecular formula is C15H30ClN3O. The van der Waals surface area contributed by atoms with Crippen LogP contribution < -0.4 is 5.32 Å². The third-order valence-electron chi connectivity index (χ3n) is 4.97. The van der Waals surface area contributed by atoms with Crippen molar-refractivity contribution in [1.82, 2.24) is 15.1 Å². The molecule has 1 heterocycles. The highest BCUT2D eigenvalue weighted by Gasteiger charge is 2.28. The number of rotatable bonds is 4. The Hall–Kier alpha value is -0.320. The third kappa shape index (κ3) is 4.61. The maximum Gasteiger partial charge on any atom is 0.236 e. The number of nitrogens with zero attached hydrogens (tertiary/aromatic N) is 2. The van der Waals surface area contributed by atoms with E-state index in [1.807, 2.05) is 19.0 Å². The van der Waals surface area contributed by atoms with Crippen LogP contribution in [0.2, 0.25) is 0 Å². The van der Waals surface area contributed by atoms with Gasteiger partial charge in [0.25, 0.3) is 0 Å². The van der Waals surface area contributed by atoms with Crippen LogP contribution in [0.25, 0.3) is 0 Å². The first-order valence-corrected chi connectivity index (χ1v) is 7.75. The Balaban J connectivity index is 0.00000200. The number of halogens is 1. The highest BCUT2D eigenvalue weighted by Crippen LogP contribution is 2.26. The topological polar surface area (TPSA) is 35.6 Å². The molecule has 2 rings (SSSR count). The number of amides is 1. The Bertz CT molecular complexity index is 305. The van der Waals surface area contributed by atoms with Crippen LogP contribution in [0.4, 0.5) is 0 Å². The first-order chi connectivity index (χ1) is 9.10. The fraction of sp³-hybridized carbons (Fsp3) is 0.933. The number of nitrogens with one attached hydrogen (secondary N) is 1. The maximum absolute atomic E-state index is 12.3. The van der Waals surface area contributed by atoms with Crippen LogP contribution in [0.3, 0.4) is 0 Å². The lowest BCUT2D eigenvalue weighted by atomic mass is 9.87. The summed E-state index contributed by atoms with van der Waals surface area (Å²) in [7, 11) is 4.00. The van der Waals surface area contributed by atoms with Crippen LogP contribution in [0.15, 0.2) is 0 Å². The Labute approximate surface area is 129 Å².